The van der Waals surface area contributed by atoms with Crippen LogP contribution < -0.4 is 10.6 Å². The fraction of sp³-hybridized carbons (Fsp3) is 0.750. The topological polar surface area (TPSA) is 24.1 Å². The standard InChI is InChI=1S/C8H16N2S4.Zn/c11-7(12)9-5-3-1-2-4-6-10-8(13)14;/h1-6H2,(H2,9,11,12)(H2,10,13,14);/q;+2/p-2. The zero-order valence-electron chi connectivity index (χ0n) is 8.58. The van der Waals surface area contributed by atoms with Gasteiger partial charge >= 0.3 is 19.5 Å². The smallest absolute Gasteiger partial charge is 0.412 e. The Morgan fingerprint density at radius 2 is 1.13 bits per heavy atom. The molecule has 82 valence electrons. The summed E-state index contributed by atoms with van der Waals surface area (Å²) >= 11 is 18.8. The number of hydrogen-bond donors (Lipinski definition) is 2. The first-order valence-corrected chi connectivity index (χ1v) is 6.16. The van der Waals surface area contributed by atoms with E-state index in [2.05, 4.69) is 10.6 Å². The van der Waals surface area contributed by atoms with Crippen LogP contribution in [0.4, 0.5) is 0 Å². The molecule has 0 aliphatic rings. The van der Waals surface area contributed by atoms with E-state index >= 15 is 0 Å². The van der Waals surface area contributed by atoms with Crippen LogP contribution >= 0.6 is 24.4 Å². The number of unbranched alkanes of at least 4 members (excludes halogenated alkanes) is 3. The van der Waals surface area contributed by atoms with Crippen molar-refractivity contribution in [2.75, 3.05) is 13.1 Å². The van der Waals surface area contributed by atoms with Gasteiger partial charge in [-0.25, -0.2) is 0 Å². The van der Waals surface area contributed by atoms with E-state index < -0.39 is 0 Å². The van der Waals surface area contributed by atoms with Crippen LogP contribution in [-0.4, -0.2) is 21.7 Å². The first-order chi connectivity index (χ1) is 6.63. The van der Waals surface area contributed by atoms with Crippen molar-refractivity contribution in [3.8, 4) is 0 Å². The molecular weight excluding hydrogens is 318 g/mol. The Morgan fingerprint density at radius 3 is 1.40 bits per heavy atom. The summed E-state index contributed by atoms with van der Waals surface area (Å²) in [6.07, 6.45) is 4.57. The first kappa shape index (κ1) is 18.2. The molecule has 0 aliphatic carbocycles. The van der Waals surface area contributed by atoms with E-state index in [1.807, 2.05) is 0 Å². The van der Waals surface area contributed by atoms with Crippen molar-refractivity contribution < 1.29 is 19.5 Å². The third kappa shape index (κ3) is 17.5. The van der Waals surface area contributed by atoms with E-state index in [9.17, 15) is 0 Å². The summed E-state index contributed by atoms with van der Waals surface area (Å²) in [6.45, 7) is 1.77. The summed E-state index contributed by atoms with van der Waals surface area (Å²) < 4.78 is 0.922. The predicted molar refractivity (Wildman–Crippen MR) is 74.4 cm³/mol. The van der Waals surface area contributed by atoms with Gasteiger partial charge in [0.2, 0.25) is 0 Å². The normalized spacial score (nSPS) is 8.80. The minimum Gasteiger partial charge on any atom is -0.412 e. The molecule has 0 spiro atoms. The molecule has 0 radical (unpaired) electrons. The van der Waals surface area contributed by atoms with Gasteiger partial charge in [-0.1, -0.05) is 21.5 Å². The van der Waals surface area contributed by atoms with Crippen molar-refractivity contribution in [2.45, 2.75) is 25.7 Å². The third-order valence-corrected chi connectivity index (χ3v) is 2.22. The van der Waals surface area contributed by atoms with Gasteiger partial charge in [0.1, 0.15) is 0 Å². The summed E-state index contributed by atoms with van der Waals surface area (Å²) in [5, 5.41) is 5.90. The van der Waals surface area contributed by atoms with Gasteiger partial charge < -0.3 is 60.3 Å². The Balaban J connectivity index is 0. The van der Waals surface area contributed by atoms with E-state index in [1.54, 1.807) is 0 Å². The minimum atomic E-state index is 0. The Bertz CT molecular complexity index is 169. The second kappa shape index (κ2) is 12.9. The third-order valence-electron chi connectivity index (χ3n) is 1.64. The van der Waals surface area contributed by atoms with Crippen LogP contribution in [-0.2, 0) is 44.7 Å². The number of nitrogens with one attached hydrogen (secondary N) is 2. The maximum absolute atomic E-state index is 4.71. The van der Waals surface area contributed by atoms with E-state index in [4.69, 9.17) is 49.7 Å². The molecule has 0 saturated heterocycles. The quantitative estimate of drug-likeness (QED) is 0.316. The van der Waals surface area contributed by atoms with Gasteiger partial charge in [0.15, 0.2) is 0 Å². The molecular formula is C8H14N2S4Zn. The summed E-state index contributed by atoms with van der Waals surface area (Å²) in [5.41, 5.74) is 0. The van der Waals surface area contributed by atoms with E-state index in [1.165, 1.54) is 12.8 Å². The zero-order valence-corrected chi connectivity index (χ0v) is 14.8. The van der Waals surface area contributed by atoms with Crippen LogP contribution in [0.3, 0.4) is 0 Å². The van der Waals surface area contributed by atoms with Gasteiger partial charge in [-0.05, 0) is 12.8 Å². The van der Waals surface area contributed by atoms with Crippen molar-refractivity contribution in [2.24, 2.45) is 0 Å². The van der Waals surface area contributed by atoms with E-state index in [0.717, 1.165) is 25.9 Å². The molecule has 2 N–H and O–H groups in total. The molecule has 0 aliphatic heterocycles. The molecule has 0 heterocycles. The molecule has 0 aromatic heterocycles. The molecule has 0 rings (SSSR count). The SMILES string of the molecule is S=C([S-])NCCCCCCNC(=S)[S-].[Zn+2]. The molecule has 0 amide bonds. The monoisotopic (exact) mass is 330 g/mol. The van der Waals surface area contributed by atoms with Crippen LogP contribution in [0.5, 0.6) is 0 Å². The maximum atomic E-state index is 4.71. The second-order valence-corrected chi connectivity index (χ2v) is 4.99. The van der Waals surface area contributed by atoms with Gasteiger partial charge in [-0.15, -0.1) is 0 Å². The first-order valence-electron chi connectivity index (χ1n) is 4.52. The second-order valence-electron chi connectivity index (χ2n) is 2.84. The zero-order chi connectivity index (χ0) is 10.8. The Labute approximate surface area is 126 Å². The molecule has 0 atom stereocenters. The van der Waals surface area contributed by atoms with Gasteiger partial charge in [0.25, 0.3) is 0 Å². The molecule has 0 aromatic carbocycles. The van der Waals surface area contributed by atoms with Crippen molar-refractivity contribution in [3.05, 3.63) is 0 Å². The Hall–Kier alpha value is 0.843. The average Bonchev–Trinajstić information content (AvgIpc) is 2.08. The maximum Gasteiger partial charge on any atom is 2.00 e. The predicted octanol–water partition coefficient (Wildman–Crippen LogP) is 1.39. The average molecular weight is 332 g/mol. The number of hydrogen-bond acceptors (Lipinski definition) is 4. The molecule has 7 heteroatoms. The summed E-state index contributed by atoms with van der Waals surface area (Å²) in [7, 11) is 0. The molecule has 0 unspecified atom stereocenters. The molecule has 2 nitrogen and oxygen atoms in total. The molecule has 0 bridgehead atoms. The largest absolute Gasteiger partial charge is 2.00 e. The van der Waals surface area contributed by atoms with Gasteiger partial charge in [0, 0.05) is 13.1 Å². The fourth-order valence-corrected chi connectivity index (χ4v) is 1.39. The van der Waals surface area contributed by atoms with Gasteiger partial charge in [-0.2, -0.15) is 0 Å². The number of thiocarbonyl (C=S) groups is 2. The van der Waals surface area contributed by atoms with E-state index in [0.29, 0.717) is 8.64 Å². The van der Waals surface area contributed by atoms with Gasteiger partial charge in [0.05, 0.1) is 0 Å². The van der Waals surface area contributed by atoms with Crippen molar-refractivity contribution in [1.29, 1.82) is 0 Å². The van der Waals surface area contributed by atoms with E-state index in [-0.39, 0.29) is 19.5 Å². The Kier molecular flexibility index (Phi) is 15.7. The van der Waals surface area contributed by atoms with Crippen LogP contribution in [0.2, 0.25) is 0 Å². The van der Waals surface area contributed by atoms with Crippen molar-refractivity contribution in [1.82, 2.24) is 10.6 Å². The summed E-state index contributed by atoms with van der Waals surface area (Å²) in [4.78, 5) is 0. The molecule has 0 aromatic rings. The summed E-state index contributed by atoms with van der Waals surface area (Å²) in [5.74, 6) is 0. The molecule has 0 fully saturated rings. The Morgan fingerprint density at radius 1 is 0.800 bits per heavy atom. The van der Waals surface area contributed by atoms with Gasteiger partial charge in [-0.3, -0.25) is 0 Å². The molecule has 0 saturated carbocycles. The van der Waals surface area contributed by atoms with Crippen LogP contribution in [0.25, 0.3) is 0 Å². The number of rotatable bonds is 7. The van der Waals surface area contributed by atoms with Crippen LogP contribution in [0.15, 0.2) is 0 Å². The van der Waals surface area contributed by atoms with Crippen molar-refractivity contribution >= 4 is 58.3 Å². The fourth-order valence-electron chi connectivity index (χ4n) is 0.984. The van der Waals surface area contributed by atoms with Crippen LogP contribution in [0, 0.1) is 0 Å². The molecule has 15 heavy (non-hydrogen) atoms. The van der Waals surface area contributed by atoms with Crippen molar-refractivity contribution in [3.63, 3.8) is 0 Å². The van der Waals surface area contributed by atoms with Crippen LogP contribution in [0.1, 0.15) is 25.7 Å². The minimum absolute atomic E-state index is 0. The summed E-state index contributed by atoms with van der Waals surface area (Å²) in [6, 6.07) is 0.